The minimum Gasteiger partial charge on any atom is -0.332 e. The quantitative estimate of drug-likeness (QED) is 0.730. The molecule has 0 amide bonds. The van der Waals surface area contributed by atoms with E-state index in [1.165, 1.54) is 18.3 Å². The fourth-order valence-corrected chi connectivity index (χ4v) is 1.04. The van der Waals surface area contributed by atoms with E-state index in [1.807, 2.05) is 6.92 Å². The zero-order valence-electron chi connectivity index (χ0n) is 7.57. The number of aromatic nitrogens is 3. The summed E-state index contributed by atoms with van der Waals surface area (Å²) in [5, 5.41) is 3.66. The monoisotopic (exact) mass is 193 g/mol. The maximum absolute atomic E-state index is 13.2. The van der Waals surface area contributed by atoms with Gasteiger partial charge in [0.25, 0.3) is 5.89 Å². The second-order valence-corrected chi connectivity index (χ2v) is 2.70. The Morgan fingerprint density at radius 2 is 2.36 bits per heavy atom. The molecule has 2 heterocycles. The first-order valence-electron chi connectivity index (χ1n) is 4.24. The minimum atomic E-state index is -0.459. The first-order chi connectivity index (χ1) is 6.81. The fourth-order valence-electron chi connectivity index (χ4n) is 1.04. The van der Waals surface area contributed by atoms with Crippen molar-refractivity contribution in [3.05, 3.63) is 30.0 Å². The normalized spacial score (nSPS) is 10.4. The number of aryl methyl sites for hydroxylation is 1. The molecule has 2 aromatic heterocycles. The van der Waals surface area contributed by atoms with Gasteiger partial charge in [-0.05, 0) is 12.1 Å². The number of hydrogen-bond acceptors (Lipinski definition) is 4. The molecule has 0 unspecified atom stereocenters. The van der Waals surface area contributed by atoms with Crippen LogP contribution in [0, 0.1) is 5.82 Å². The van der Waals surface area contributed by atoms with E-state index in [4.69, 9.17) is 4.52 Å². The van der Waals surface area contributed by atoms with Gasteiger partial charge in [-0.25, -0.2) is 9.37 Å². The Kier molecular flexibility index (Phi) is 2.22. The van der Waals surface area contributed by atoms with Gasteiger partial charge in [0.05, 0.1) is 0 Å². The molecule has 14 heavy (non-hydrogen) atoms. The minimum absolute atomic E-state index is 0.0969. The lowest BCUT2D eigenvalue weighted by molar-refractivity contribution is 0.419. The fraction of sp³-hybridized carbons (Fsp3) is 0.222. The Morgan fingerprint density at radius 3 is 3.00 bits per heavy atom. The molecule has 0 aliphatic rings. The molecule has 0 saturated heterocycles. The average Bonchev–Trinajstić information content (AvgIpc) is 2.67. The molecule has 2 aromatic rings. The summed E-state index contributed by atoms with van der Waals surface area (Å²) in [6.07, 6.45) is 2.13. The van der Waals surface area contributed by atoms with Crippen molar-refractivity contribution in [2.24, 2.45) is 0 Å². The van der Waals surface area contributed by atoms with E-state index in [-0.39, 0.29) is 11.6 Å². The molecule has 0 aliphatic carbocycles. The van der Waals surface area contributed by atoms with Crippen molar-refractivity contribution in [1.82, 2.24) is 15.1 Å². The summed E-state index contributed by atoms with van der Waals surface area (Å²) in [5.74, 6) is 0.212. The van der Waals surface area contributed by atoms with Crippen LogP contribution in [-0.4, -0.2) is 15.1 Å². The Balaban J connectivity index is 2.44. The second-order valence-electron chi connectivity index (χ2n) is 2.70. The largest absolute Gasteiger partial charge is 0.332 e. The summed E-state index contributed by atoms with van der Waals surface area (Å²) in [4.78, 5) is 7.80. The summed E-state index contributed by atoms with van der Waals surface area (Å²) in [6, 6.07) is 2.81. The van der Waals surface area contributed by atoms with Crippen molar-refractivity contribution in [3.63, 3.8) is 0 Å². The van der Waals surface area contributed by atoms with Crippen molar-refractivity contribution in [2.45, 2.75) is 13.3 Å². The van der Waals surface area contributed by atoms with Crippen molar-refractivity contribution >= 4 is 0 Å². The van der Waals surface area contributed by atoms with Crippen LogP contribution < -0.4 is 0 Å². The molecule has 0 radical (unpaired) electrons. The highest BCUT2D eigenvalue weighted by atomic mass is 19.1. The lowest BCUT2D eigenvalue weighted by Gasteiger charge is -1.93. The van der Waals surface area contributed by atoms with Crippen LogP contribution in [0.4, 0.5) is 4.39 Å². The third-order valence-corrected chi connectivity index (χ3v) is 1.75. The Bertz CT molecular complexity index is 441. The first kappa shape index (κ1) is 8.80. The van der Waals surface area contributed by atoms with E-state index in [9.17, 15) is 4.39 Å². The molecule has 0 fully saturated rings. The van der Waals surface area contributed by atoms with Gasteiger partial charge in [0.1, 0.15) is 0 Å². The van der Waals surface area contributed by atoms with E-state index in [0.717, 1.165) is 0 Å². The Labute approximate surface area is 79.8 Å². The molecule has 72 valence electrons. The first-order valence-corrected chi connectivity index (χ1v) is 4.24. The summed E-state index contributed by atoms with van der Waals surface area (Å²) >= 11 is 0. The SMILES string of the molecule is CCc1noc(-c2ncccc2F)n1. The highest BCUT2D eigenvalue weighted by Gasteiger charge is 2.12. The van der Waals surface area contributed by atoms with Crippen LogP contribution in [0.2, 0.25) is 0 Å². The molecule has 0 aromatic carbocycles. The topological polar surface area (TPSA) is 51.8 Å². The van der Waals surface area contributed by atoms with Crippen molar-refractivity contribution in [3.8, 4) is 11.6 Å². The molecule has 5 heteroatoms. The smallest absolute Gasteiger partial charge is 0.279 e. The van der Waals surface area contributed by atoms with Crippen LogP contribution in [0.1, 0.15) is 12.7 Å². The molecule has 0 spiro atoms. The van der Waals surface area contributed by atoms with Gasteiger partial charge < -0.3 is 4.52 Å². The molecular formula is C9H8FN3O. The van der Waals surface area contributed by atoms with Crippen molar-refractivity contribution in [1.29, 1.82) is 0 Å². The molecule has 4 nitrogen and oxygen atoms in total. The number of hydrogen-bond donors (Lipinski definition) is 0. The molecule has 0 aliphatic heterocycles. The predicted octanol–water partition coefficient (Wildman–Crippen LogP) is 1.83. The number of rotatable bonds is 2. The second kappa shape index (κ2) is 3.53. The number of nitrogens with zero attached hydrogens (tertiary/aromatic N) is 3. The molecule has 0 saturated carbocycles. The summed E-state index contributed by atoms with van der Waals surface area (Å²) in [5.41, 5.74) is 0.0969. The van der Waals surface area contributed by atoms with Crippen LogP contribution in [0.3, 0.4) is 0 Å². The third kappa shape index (κ3) is 1.48. The summed E-state index contributed by atoms with van der Waals surface area (Å²) in [7, 11) is 0. The van der Waals surface area contributed by atoms with Crippen molar-refractivity contribution < 1.29 is 8.91 Å². The Morgan fingerprint density at radius 1 is 1.50 bits per heavy atom. The van der Waals surface area contributed by atoms with Crippen LogP contribution in [-0.2, 0) is 6.42 Å². The van der Waals surface area contributed by atoms with Gasteiger partial charge in [0.2, 0.25) is 0 Å². The van der Waals surface area contributed by atoms with Gasteiger partial charge in [0.15, 0.2) is 17.3 Å². The van der Waals surface area contributed by atoms with E-state index in [0.29, 0.717) is 12.2 Å². The van der Waals surface area contributed by atoms with Crippen LogP contribution in [0.15, 0.2) is 22.9 Å². The van der Waals surface area contributed by atoms with Gasteiger partial charge in [-0.3, -0.25) is 0 Å². The molecule has 0 N–H and O–H groups in total. The maximum atomic E-state index is 13.2. The van der Waals surface area contributed by atoms with Crippen molar-refractivity contribution in [2.75, 3.05) is 0 Å². The van der Waals surface area contributed by atoms with Gasteiger partial charge in [-0.1, -0.05) is 12.1 Å². The predicted molar refractivity (Wildman–Crippen MR) is 46.9 cm³/mol. The zero-order chi connectivity index (χ0) is 9.97. The number of halogens is 1. The molecular weight excluding hydrogens is 185 g/mol. The summed E-state index contributed by atoms with van der Waals surface area (Å²) in [6.45, 7) is 1.89. The lowest BCUT2D eigenvalue weighted by atomic mass is 10.3. The molecule has 0 atom stereocenters. The highest BCUT2D eigenvalue weighted by Crippen LogP contribution is 2.17. The zero-order valence-corrected chi connectivity index (χ0v) is 7.57. The maximum Gasteiger partial charge on any atom is 0.279 e. The standard InChI is InChI=1S/C9H8FN3O/c1-2-7-12-9(14-13-7)8-6(10)4-3-5-11-8/h3-5H,2H2,1H3. The summed E-state index contributed by atoms with van der Waals surface area (Å²) < 4.78 is 18.1. The van der Waals surface area contributed by atoms with Crippen LogP contribution in [0.25, 0.3) is 11.6 Å². The van der Waals surface area contributed by atoms with Gasteiger partial charge in [-0.2, -0.15) is 4.98 Å². The van der Waals surface area contributed by atoms with E-state index < -0.39 is 5.82 Å². The van der Waals surface area contributed by atoms with E-state index in [2.05, 4.69) is 15.1 Å². The lowest BCUT2D eigenvalue weighted by Crippen LogP contribution is -1.88. The highest BCUT2D eigenvalue weighted by molar-refractivity contribution is 5.46. The van der Waals surface area contributed by atoms with Gasteiger partial charge in [0, 0.05) is 12.6 Å². The van der Waals surface area contributed by atoms with Gasteiger partial charge in [-0.15, -0.1) is 0 Å². The average molecular weight is 193 g/mol. The van der Waals surface area contributed by atoms with E-state index >= 15 is 0 Å². The van der Waals surface area contributed by atoms with Crippen LogP contribution in [0.5, 0.6) is 0 Å². The Hall–Kier alpha value is -1.78. The van der Waals surface area contributed by atoms with Gasteiger partial charge >= 0.3 is 0 Å². The number of pyridine rings is 1. The van der Waals surface area contributed by atoms with E-state index in [1.54, 1.807) is 0 Å². The van der Waals surface area contributed by atoms with Crippen LogP contribution >= 0.6 is 0 Å². The molecule has 2 rings (SSSR count). The molecule has 0 bridgehead atoms. The third-order valence-electron chi connectivity index (χ3n) is 1.75.